The van der Waals surface area contributed by atoms with Gasteiger partial charge in [-0.1, -0.05) is 47.3 Å². The molecule has 0 saturated carbocycles. The first kappa shape index (κ1) is 11.3. The summed E-state index contributed by atoms with van der Waals surface area (Å²) in [4.78, 5) is 4.51. The lowest BCUT2D eigenvalue weighted by Crippen LogP contribution is -2.11. The van der Waals surface area contributed by atoms with Gasteiger partial charge in [0.2, 0.25) is 0 Å². The van der Waals surface area contributed by atoms with Crippen LogP contribution in [0.3, 0.4) is 0 Å². The van der Waals surface area contributed by atoms with Gasteiger partial charge in [0, 0.05) is 10.6 Å². The van der Waals surface area contributed by atoms with Gasteiger partial charge in [-0.05, 0) is 12.1 Å². The van der Waals surface area contributed by atoms with Gasteiger partial charge >= 0.3 is 0 Å². The number of aromatic nitrogens is 1. The molecule has 2 aromatic rings. The highest BCUT2D eigenvalue weighted by atomic mass is 35.5. The number of benzene rings is 1. The van der Waals surface area contributed by atoms with Gasteiger partial charge in [-0.25, -0.2) is 4.98 Å². The van der Waals surface area contributed by atoms with E-state index in [1.807, 2.05) is 12.1 Å². The maximum atomic E-state index is 5.80. The van der Waals surface area contributed by atoms with Gasteiger partial charge in [-0.2, -0.15) is 0 Å². The number of thiocarbonyl (C=S) groups is 1. The van der Waals surface area contributed by atoms with E-state index in [1.54, 1.807) is 12.1 Å². The van der Waals surface area contributed by atoms with Crippen LogP contribution in [-0.4, -0.2) is 9.97 Å². The molecular formula is C10H8ClN3S2. The van der Waals surface area contributed by atoms with Crippen molar-refractivity contribution in [3.8, 4) is 10.6 Å². The van der Waals surface area contributed by atoms with Crippen LogP contribution in [0.5, 0.6) is 0 Å². The summed E-state index contributed by atoms with van der Waals surface area (Å²) in [5.41, 5.74) is 12.7. The molecule has 0 bridgehead atoms. The lowest BCUT2D eigenvalue weighted by molar-refractivity contribution is 1.37. The molecule has 0 aliphatic carbocycles. The Balaban J connectivity index is 2.45. The smallest absolute Gasteiger partial charge is 0.132 e. The third kappa shape index (κ3) is 2.16. The van der Waals surface area contributed by atoms with Crippen molar-refractivity contribution in [2.45, 2.75) is 0 Å². The second-order valence-corrected chi connectivity index (χ2v) is 5.01. The summed E-state index contributed by atoms with van der Waals surface area (Å²) in [5, 5.41) is 2.01. The number of nitrogen functional groups attached to an aromatic ring is 1. The molecule has 0 radical (unpaired) electrons. The minimum atomic E-state index is 0.217. The predicted octanol–water partition coefficient (Wildman–Crippen LogP) is 2.68. The minimum absolute atomic E-state index is 0.217. The second-order valence-electron chi connectivity index (χ2n) is 3.10. The van der Waals surface area contributed by atoms with Crippen molar-refractivity contribution < 1.29 is 0 Å². The van der Waals surface area contributed by atoms with Gasteiger partial charge in [-0.3, -0.25) is 0 Å². The van der Waals surface area contributed by atoms with Crippen LogP contribution in [0, 0.1) is 0 Å². The van der Waals surface area contributed by atoms with E-state index in [-0.39, 0.29) is 4.99 Å². The summed E-state index contributed by atoms with van der Waals surface area (Å²) < 4.78 is 0. The van der Waals surface area contributed by atoms with E-state index in [9.17, 15) is 0 Å². The fourth-order valence-corrected chi connectivity index (χ4v) is 2.42. The Bertz CT molecular complexity index is 533. The molecule has 6 heteroatoms. The van der Waals surface area contributed by atoms with E-state index in [1.165, 1.54) is 11.3 Å². The molecule has 3 nitrogen and oxygen atoms in total. The van der Waals surface area contributed by atoms with Crippen LogP contribution >= 0.6 is 35.2 Å². The van der Waals surface area contributed by atoms with Crippen molar-refractivity contribution in [2.24, 2.45) is 5.73 Å². The Morgan fingerprint density at radius 2 is 1.94 bits per heavy atom. The monoisotopic (exact) mass is 269 g/mol. The molecule has 0 unspecified atom stereocenters. The Morgan fingerprint density at radius 3 is 2.44 bits per heavy atom. The van der Waals surface area contributed by atoms with Crippen molar-refractivity contribution >= 4 is 45.1 Å². The van der Waals surface area contributed by atoms with E-state index < -0.39 is 0 Å². The molecule has 0 aliphatic rings. The molecule has 0 spiro atoms. The van der Waals surface area contributed by atoms with E-state index in [0.717, 1.165) is 10.6 Å². The highest BCUT2D eigenvalue weighted by Crippen LogP contribution is 2.30. The first-order valence-electron chi connectivity index (χ1n) is 4.40. The minimum Gasteiger partial charge on any atom is -0.389 e. The van der Waals surface area contributed by atoms with Crippen LogP contribution in [0.15, 0.2) is 24.3 Å². The molecule has 1 aromatic carbocycles. The van der Waals surface area contributed by atoms with Crippen LogP contribution in [0.4, 0.5) is 5.00 Å². The Labute approximate surface area is 107 Å². The number of rotatable bonds is 2. The molecule has 0 saturated heterocycles. The first-order chi connectivity index (χ1) is 7.58. The molecule has 0 aliphatic heterocycles. The number of halogens is 1. The highest BCUT2D eigenvalue weighted by molar-refractivity contribution is 7.80. The topological polar surface area (TPSA) is 64.9 Å². The quantitative estimate of drug-likeness (QED) is 0.823. The maximum absolute atomic E-state index is 5.80. The van der Waals surface area contributed by atoms with Gasteiger partial charge in [0.1, 0.15) is 20.7 Å². The van der Waals surface area contributed by atoms with Crippen molar-refractivity contribution in [2.75, 3.05) is 5.73 Å². The Morgan fingerprint density at radius 1 is 1.31 bits per heavy atom. The molecule has 0 atom stereocenters. The third-order valence-electron chi connectivity index (χ3n) is 1.98. The van der Waals surface area contributed by atoms with E-state index in [4.69, 9.17) is 35.3 Å². The van der Waals surface area contributed by atoms with Crippen molar-refractivity contribution in [1.82, 2.24) is 4.98 Å². The number of nitrogens with two attached hydrogens (primary N) is 2. The second kappa shape index (κ2) is 4.37. The Hall–Kier alpha value is -1.17. The van der Waals surface area contributed by atoms with Crippen molar-refractivity contribution in [3.63, 3.8) is 0 Å². The lowest BCUT2D eigenvalue weighted by atomic mass is 10.2. The van der Waals surface area contributed by atoms with Crippen LogP contribution in [0.2, 0.25) is 5.02 Å². The zero-order valence-electron chi connectivity index (χ0n) is 8.11. The molecule has 1 aromatic heterocycles. The fraction of sp³-hybridized carbons (Fsp3) is 0. The third-order valence-corrected chi connectivity index (χ3v) is 3.36. The fourth-order valence-electron chi connectivity index (χ4n) is 1.22. The van der Waals surface area contributed by atoms with Crippen LogP contribution in [-0.2, 0) is 0 Å². The first-order valence-corrected chi connectivity index (χ1v) is 6.00. The summed E-state index contributed by atoms with van der Waals surface area (Å²) in [5.74, 6) is 0. The number of anilines is 1. The highest BCUT2D eigenvalue weighted by Gasteiger charge is 2.11. The summed E-state index contributed by atoms with van der Waals surface area (Å²) >= 11 is 12.0. The normalized spacial score (nSPS) is 10.3. The molecular weight excluding hydrogens is 262 g/mol. The van der Waals surface area contributed by atoms with Crippen molar-refractivity contribution in [3.05, 3.63) is 35.0 Å². The molecule has 1 heterocycles. The van der Waals surface area contributed by atoms with Crippen LogP contribution < -0.4 is 11.5 Å². The van der Waals surface area contributed by atoms with E-state index >= 15 is 0 Å². The molecule has 0 amide bonds. The Kier molecular flexibility index (Phi) is 3.09. The van der Waals surface area contributed by atoms with Crippen LogP contribution in [0.1, 0.15) is 5.69 Å². The summed E-state index contributed by atoms with van der Waals surface area (Å²) in [6.07, 6.45) is 0. The molecule has 2 rings (SSSR count). The molecule has 0 fully saturated rings. The largest absolute Gasteiger partial charge is 0.389 e. The summed E-state index contributed by atoms with van der Waals surface area (Å²) in [6.45, 7) is 0. The van der Waals surface area contributed by atoms with Gasteiger partial charge < -0.3 is 11.5 Å². The van der Waals surface area contributed by atoms with Crippen molar-refractivity contribution in [1.29, 1.82) is 0 Å². The van der Waals surface area contributed by atoms with Gasteiger partial charge in [0.05, 0.1) is 0 Å². The molecule has 4 N–H and O–H groups in total. The number of nitrogens with zero attached hydrogens (tertiary/aromatic N) is 1. The zero-order chi connectivity index (χ0) is 11.7. The summed E-state index contributed by atoms with van der Waals surface area (Å²) in [6, 6.07) is 7.36. The van der Waals surface area contributed by atoms with Gasteiger partial charge in [0.25, 0.3) is 0 Å². The predicted molar refractivity (Wildman–Crippen MR) is 72.9 cm³/mol. The van der Waals surface area contributed by atoms with Gasteiger partial charge in [0.15, 0.2) is 0 Å². The number of hydrogen-bond acceptors (Lipinski definition) is 4. The zero-order valence-corrected chi connectivity index (χ0v) is 10.5. The SMILES string of the molecule is NC(=S)c1nc(-c2ccc(Cl)cc2)sc1N. The van der Waals surface area contributed by atoms with E-state index in [0.29, 0.717) is 15.7 Å². The lowest BCUT2D eigenvalue weighted by Gasteiger charge is -1.95. The average Bonchev–Trinajstić information content (AvgIpc) is 2.61. The van der Waals surface area contributed by atoms with Gasteiger partial charge in [-0.15, -0.1) is 0 Å². The van der Waals surface area contributed by atoms with Crippen LogP contribution in [0.25, 0.3) is 10.6 Å². The summed E-state index contributed by atoms with van der Waals surface area (Å²) in [7, 11) is 0. The maximum Gasteiger partial charge on any atom is 0.132 e. The average molecular weight is 270 g/mol. The molecule has 16 heavy (non-hydrogen) atoms. The van der Waals surface area contributed by atoms with E-state index in [2.05, 4.69) is 4.98 Å². The standard InChI is InChI=1S/C10H8ClN3S2/c11-6-3-1-5(2-4-6)10-14-7(8(12)15)9(13)16-10/h1-4H,13H2,(H2,12,15). The number of hydrogen-bond donors (Lipinski definition) is 2. The molecule has 82 valence electrons. The number of thiazole rings is 1.